The van der Waals surface area contributed by atoms with E-state index in [1.54, 1.807) is 0 Å². The van der Waals surface area contributed by atoms with E-state index in [1.165, 1.54) is 6.07 Å². The largest absolute Gasteiger partial charge is 0.350 e. The van der Waals surface area contributed by atoms with Crippen molar-refractivity contribution in [2.75, 3.05) is 13.2 Å². The summed E-state index contributed by atoms with van der Waals surface area (Å²) in [5, 5.41) is 0. The van der Waals surface area contributed by atoms with Crippen molar-refractivity contribution < 1.29 is 23.0 Å². The van der Waals surface area contributed by atoms with Gasteiger partial charge < -0.3 is 9.47 Å². The molecule has 1 aliphatic heterocycles. The van der Waals surface area contributed by atoms with Crippen LogP contribution < -0.4 is 0 Å². The minimum Gasteiger partial charge on any atom is -0.350 e. The van der Waals surface area contributed by atoms with Gasteiger partial charge in [-0.25, -0.2) is 8.78 Å². The van der Waals surface area contributed by atoms with Crippen LogP contribution in [-0.4, -0.2) is 25.3 Å². The molecule has 2 rings (SSSR count). The molecule has 1 aromatic rings. The van der Waals surface area contributed by atoms with E-state index in [2.05, 4.69) is 0 Å². The molecule has 1 heterocycles. The number of ketones is 1. The molecule has 5 heteroatoms. The van der Waals surface area contributed by atoms with Crippen molar-refractivity contribution in [3.8, 4) is 0 Å². The summed E-state index contributed by atoms with van der Waals surface area (Å²) in [4.78, 5) is 11.6. The van der Waals surface area contributed by atoms with Gasteiger partial charge in [0, 0.05) is 6.42 Å². The highest BCUT2D eigenvalue weighted by molar-refractivity contribution is 5.81. The average Bonchev–Trinajstić information content (AvgIpc) is 2.76. The quantitative estimate of drug-likeness (QED) is 0.808. The summed E-state index contributed by atoms with van der Waals surface area (Å²) in [6.07, 6.45) is -0.299. The lowest BCUT2D eigenvalue weighted by Crippen LogP contribution is -2.15. The van der Waals surface area contributed by atoms with Gasteiger partial charge in [-0.3, -0.25) is 4.79 Å². The smallest absolute Gasteiger partial charge is 0.164 e. The average molecular weight is 242 g/mol. The maximum absolute atomic E-state index is 12.9. The second-order valence-electron chi connectivity index (χ2n) is 3.84. The zero-order valence-electron chi connectivity index (χ0n) is 9.12. The maximum Gasteiger partial charge on any atom is 0.164 e. The molecular formula is C12H12F2O3. The summed E-state index contributed by atoms with van der Waals surface area (Å²) in [7, 11) is 0. The number of halogens is 2. The molecule has 1 fully saturated rings. The summed E-state index contributed by atoms with van der Waals surface area (Å²) in [6, 6.07) is 3.44. The van der Waals surface area contributed by atoms with E-state index in [9.17, 15) is 13.6 Å². The zero-order valence-corrected chi connectivity index (χ0v) is 9.12. The normalized spacial score (nSPS) is 16.4. The molecule has 0 atom stereocenters. The fraction of sp³-hybridized carbons (Fsp3) is 0.417. The topological polar surface area (TPSA) is 35.5 Å². The molecule has 1 aromatic carbocycles. The van der Waals surface area contributed by atoms with Gasteiger partial charge in [-0.15, -0.1) is 0 Å². The number of benzene rings is 1. The van der Waals surface area contributed by atoms with Crippen LogP contribution in [0.4, 0.5) is 8.78 Å². The fourth-order valence-electron chi connectivity index (χ4n) is 1.66. The molecule has 0 N–H and O–H groups in total. The van der Waals surface area contributed by atoms with Gasteiger partial charge in [0.2, 0.25) is 0 Å². The lowest BCUT2D eigenvalue weighted by molar-refractivity contribution is -0.126. The van der Waals surface area contributed by atoms with Crippen molar-refractivity contribution in [1.29, 1.82) is 0 Å². The van der Waals surface area contributed by atoms with E-state index in [1.807, 2.05) is 0 Å². The third kappa shape index (κ3) is 3.31. The molecule has 1 saturated heterocycles. The Morgan fingerprint density at radius 1 is 1.24 bits per heavy atom. The summed E-state index contributed by atoms with van der Waals surface area (Å²) in [5.74, 6) is -1.98. The van der Waals surface area contributed by atoms with Crippen molar-refractivity contribution >= 4 is 5.78 Å². The highest BCUT2D eigenvalue weighted by Gasteiger charge is 2.19. The first-order chi connectivity index (χ1) is 8.15. The molecule has 92 valence electrons. The first-order valence-corrected chi connectivity index (χ1v) is 5.34. The second-order valence-corrected chi connectivity index (χ2v) is 3.84. The molecule has 0 unspecified atom stereocenters. The predicted molar refractivity (Wildman–Crippen MR) is 55.4 cm³/mol. The number of hydrogen-bond acceptors (Lipinski definition) is 3. The van der Waals surface area contributed by atoms with Crippen LogP contribution in [0.5, 0.6) is 0 Å². The molecule has 3 nitrogen and oxygen atoms in total. The molecule has 0 aromatic heterocycles. The standard InChI is InChI=1S/C12H12F2O3/c13-10-2-1-8(6-11(10)14)5-9(15)7-12-16-3-4-17-12/h1-2,6,12H,3-5,7H2. The van der Waals surface area contributed by atoms with E-state index >= 15 is 0 Å². The number of rotatable bonds is 4. The number of hydrogen-bond donors (Lipinski definition) is 0. The molecule has 17 heavy (non-hydrogen) atoms. The van der Waals surface area contributed by atoms with Crippen LogP contribution in [0.15, 0.2) is 18.2 Å². The highest BCUT2D eigenvalue weighted by atomic mass is 19.2. The van der Waals surface area contributed by atoms with Crippen molar-refractivity contribution in [3.05, 3.63) is 35.4 Å². The van der Waals surface area contributed by atoms with Crippen molar-refractivity contribution in [1.82, 2.24) is 0 Å². The van der Waals surface area contributed by atoms with Crippen LogP contribution in [0.25, 0.3) is 0 Å². The Bertz CT molecular complexity index is 414. The van der Waals surface area contributed by atoms with Crippen LogP contribution in [0.1, 0.15) is 12.0 Å². The molecular weight excluding hydrogens is 230 g/mol. The Labute approximate surface area is 97.3 Å². The monoisotopic (exact) mass is 242 g/mol. The van der Waals surface area contributed by atoms with Gasteiger partial charge in [-0.2, -0.15) is 0 Å². The Kier molecular flexibility index (Phi) is 3.81. The maximum atomic E-state index is 12.9. The second kappa shape index (κ2) is 5.33. The van der Waals surface area contributed by atoms with Gasteiger partial charge >= 0.3 is 0 Å². The third-order valence-electron chi connectivity index (χ3n) is 2.47. The van der Waals surface area contributed by atoms with Crippen LogP contribution in [0.2, 0.25) is 0 Å². The molecule has 0 amide bonds. The Morgan fingerprint density at radius 2 is 1.94 bits per heavy atom. The van der Waals surface area contributed by atoms with E-state index in [-0.39, 0.29) is 18.6 Å². The SMILES string of the molecule is O=C(Cc1ccc(F)c(F)c1)CC1OCCO1. The minimum absolute atomic E-state index is 0.0560. The zero-order chi connectivity index (χ0) is 12.3. The summed E-state index contributed by atoms with van der Waals surface area (Å²) in [5.41, 5.74) is 0.451. The Morgan fingerprint density at radius 3 is 2.59 bits per heavy atom. The van der Waals surface area contributed by atoms with Crippen molar-refractivity contribution in [2.45, 2.75) is 19.1 Å². The van der Waals surface area contributed by atoms with Gasteiger partial charge in [0.05, 0.1) is 19.6 Å². The molecule has 0 radical (unpaired) electrons. The highest BCUT2D eigenvalue weighted by Crippen LogP contribution is 2.13. The first-order valence-electron chi connectivity index (χ1n) is 5.34. The van der Waals surface area contributed by atoms with Crippen LogP contribution >= 0.6 is 0 Å². The number of Topliss-reactive ketones (excluding diaryl/α,β-unsaturated/α-hetero) is 1. The molecule has 0 spiro atoms. The molecule has 1 aliphatic rings. The van der Waals surface area contributed by atoms with Gasteiger partial charge in [-0.1, -0.05) is 6.07 Å². The molecule has 0 bridgehead atoms. The number of carbonyl (C=O) groups excluding carboxylic acids is 1. The van der Waals surface area contributed by atoms with E-state index in [0.29, 0.717) is 18.8 Å². The lowest BCUT2D eigenvalue weighted by atomic mass is 10.1. The van der Waals surface area contributed by atoms with Crippen LogP contribution in [0.3, 0.4) is 0 Å². The number of ether oxygens (including phenoxy) is 2. The van der Waals surface area contributed by atoms with Gasteiger partial charge in [-0.05, 0) is 17.7 Å². The Balaban J connectivity index is 1.90. The van der Waals surface area contributed by atoms with Gasteiger partial charge in [0.1, 0.15) is 5.78 Å². The molecule has 0 aliphatic carbocycles. The minimum atomic E-state index is -0.941. The Hall–Kier alpha value is -1.33. The summed E-state index contributed by atoms with van der Waals surface area (Å²) < 4.78 is 35.8. The summed E-state index contributed by atoms with van der Waals surface area (Å²) >= 11 is 0. The third-order valence-corrected chi connectivity index (χ3v) is 2.47. The lowest BCUT2D eigenvalue weighted by Gasteiger charge is -2.07. The van der Waals surface area contributed by atoms with E-state index in [4.69, 9.17) is 9.47 Å². The predicted octanol–water partition coefficient (Wildman–Crippen LogP) is 1.84. The van der Waals surface area contributed by atoms with Crippen LogP contribution in [-0.2, 0) is 20.7 Å². The number of carbonyl (C=O) groups is 1. The fourth-order valence-corrected chi connectivity index (χ4v) is 1.66. The van der Waals surface area contributed by atoms with Crippen molar-refractivity contribution in [2.24, 2.45) is 0 Å². The first kappa shape index (κ1) is 12.1. The summed E-state index contributed by atoms with van der Waals surface area (Å²) in [6.45, 7) is 0.978. The van der Waals surface area contributed by atoms with Gasteiger partial charge in [0.25, 0.3) is 0 Å². The van der Waals surface area contributed by atoms with E-state index < -0.39 is 17.9 Å². The van der Waals surface area contributed by atoms with Crippen molar-refractivity contribution in [3.63, 3.8) is 0 Å². The van der Waals surface area contributed by atoms with Gasteiger partial charge in [0.15, 0.2) is 17.9 Å². The van der Waals surface area contributed by atoms with E-state index in [0.717, 1.165) is 12.1 Å². The van der Waals surface area contributed by atoms with Crippen LogP contribution in [0, 0.1) is 11.6 Å². The molecule has 0 saturated carbocycles.